The maximum Gasteiger partial charge on any atom is 0.111 e. The molecule has 0 saturated carbocycles. The molecule has 0 saturated heterocycles. The van der Waals surface area contributed by atoms with Crippen LogP contribution in [0.15, 0.2) is 42.5 Å². The second-order valence-electron chi connectivity index (χ2n) is 4.74. The van der Waals surface area contributed by atoms with Crippen molar-refractivity contribution in [3.63, 3.8) is 0 Å². The fourth-order valence-corrected chi connectivity index (χ4v) is 2.40. The number of benzene rings is 2. The molecule has 0 atom stereocenters. The third kappa shape index (κ3) is 1.99. The van der Waals surface area contributed by atoms with Gasteiger partial charge >= 0.3 is 0 Å². The summed E-state index contributed by atoms with van der Waals surface area (Å²) in [6.07, 6.45) is 0.431. The molecular weight excluding hydrogens is 248 g/mol. The van der Waals surface area contributed by atoms with E-state index in [-0.39, 0.29) is 0 Å². The van der Waals surface area contributed by atoms with Crippen molar-refractivity contribution < 1.29 is 0 Å². The zero-order valence-corrected chi connectivity index (χ0v) is 11.2. The normalized spacial score (nSPS) is 10.6. The van der Waals surface area contributed by atoms with Gasteiger partial charge < -0.3 is 5.73 Å². The molecule has 20 heavy (non-hydrogen) atoms. The minimum atomic E-state index is 0.431. The summed E-state index contributed by atoms with van der Waals surface area (Å²) in [4.78, 5) is 4.54. The molecule has 0 aliphatic rings. The molecule has 0 unspecified atom stereocenters. The lowest BCUT2D eigenvalue weighted by Gasteiger charge is -2.07. The number of aryl methyl sites for hydroxylation is 1. The number of nitrogens with zero attached hydrogens (tertiary/aromatic N) is 3. The molecule has 0 spiro atoms. The van der Waals surface area contributed by atoms with Crippen LogP contribution in [0.2, 0.25) is 0 Å². The molecule has 4 nitrogen and oxygen atoms in total. The van der Waals surface area contributed by atoms with Crippen LogP contribution in [-0.2, 0) is 6.42 Å². The Bertz CT molecular complexity index is 807. The van der Waals surface area contributed by atoms with Gasteiger partial charge in [0.1, 0.15) is 5.82 Å². The van der Waals surface area contributed by atoms with Crippen LogP contribution in [0, 0.1) is 18.3 Å². The Morgan fingerprint density at radius 1 is 1.20 bits per heavy atom. The molecule has 0 bridgehead atoms. The van der Waals surface area contributed by atoms with E-state index >= 15 is 0 Å². The number of anilines is 1. The summed E-state index contributed by atoms with van der Waals surface area (Å²) < 4.78 is 2.09. The molecule has 3 rings (SSSR count). The lowest BCUT2D eigenvalue weighted by atomic mass is 10.1. The van der Waals surface area contributed by atoms with E-state index in [4.69, 9.17) is 11.0 Å². The molecule has 0 radical (unpaired) electrons. The fourth-order valence-electron chi connectivity index (χ4n) is 2.40. The van der Waals surface area contributed by atoms with Crippen molar-refractivity contribution in [3.8, 4) is 11.8 Å². The molecule has 0 amide bonds. The summed E-state index contributed by atoms with van der Waals surface area (Å²) >= 11 is 0. The number of rotatable bonds is 2. The monoisotopic (exact) mass is 262 g/mol. The number of nitrogens with two attached hydrogens (primary N) is 1. The Kier molecular flexibility index (Phi) is 2.88. The van der Waals surface area contributed by atoms with Gasteiger partial charge in [-0.25, -0.2) is 4.98 Å². The van der Waals surface area contributed by atoms with Crippen LogP contribution in [0.3, 0.4) is 0 Å². The summed E-state index contributed by atoms with van der Waals surface area (Å²) in [6, 6.07) is 15.9. The average molecular weight is 262 g/mol. The number of aromatic nitrogens is 2. The van der Waals surface area contributed by atoms with E-state index in [1.165, 1.54) is 0 Å². The fraction of sp³-hybridized carbons (Fsp3) is 0.125. The average Bonchev–Trinajstić information content (AvgIpc) is 2.75. The van der Waals surface area contributed by atoms with Gasteiger partial charge in [0, 0.05) is 11.4 Å². The van der Waals surface area contributed by atoms with E-state index in [2.05, 4.69) is 15.6 Å². The molecule has 98 valence electrons. The van der Waals surface area contributed by atoms with Gasteiger partial charge in [-0.3, -0.25) is 4.57 Å². The molecule has 1 heterocycles. The summed E-state index contributed by atoms with van der Waals surface area (Å²) in [7, 11) is 0. The number of imidazole rings is 1. The first kappa shape index (κ1) is 12.2. The van der Waals surface area contributed by atoms with Crippen molar-refractivity contribution in [2.75, 3.05) is 5.73 Å². The highest BCUT2D eigenvalue weighted by Crippen LogP contribution is 2.23. The van der Waals surface area contributed by atoms with Crippen molar-refractivity contribution in [3.05, 3.63) is 53.9 Å². The van der Waals surface area contributed by atoms with Crippen LogP contribution in [0.5, 0.6) is 0 Å². The van der Waals surface area contributed by atoms with E-state index in [0.29, 0.717) is 12.1 Å². The SMILES string of the molecule is Cc1nc2cc(N)ccc2n1-c1ccc(CC#N)cc1. The zero-order valence-electron chi connectivity index (χ0n) is 11.2. The summed E-state index contributed by atoms with van der Waals surface area (Å²) in [5.74, 6) is 0.915. The first-order chi connectivity index (χ1) is 9.69. The standard InChI is InChI=1S/C16H14N4/c1-11-19-15-10-13(18)4-7-16(15)20(11)14-5-2-12(3-6-14)8-9-17/h2-7,10H,8,18H2,1H3. The minimum absolute atomic E-state index is 0.431. The number of hydrogen-bond donors (Lipinski definition) is 1. The van der Waals surface area contributed by atoms with Gasteiger partial charge in [0.15, 0.2) is 0 Å². The van der Waals surface area contributed by atoms with E-state index in [9.17, 15) is 0 Å². The molecule has 4 heteroatoms. The van der Waals surface area contributed by atoms with Gasteiger partial charge in [-0.1, -0.05) is 12.1 Å². The van der Waals surface area contributed by atoms with Gasteiger partial charge in [-0.05, 0) is 42.8 Å². The molecule has 0 aliphatic heterocycles. The number of fused-ring (bicyclic) bond motifs is 1. The third-order valence-electron chi connectivity index (χ3n) is 3.32. The smallest absolute Gasteiger partial charge is 0.111 e. The molecule has 2 N–H and O–H groups in total. The van der Waals surface area contributed by atoms with Crippen LogP contribution in [0.25, 0.3) is 16.7 Å². The van der Waals surface area contributed by atoms with E-state index in [1.807, 2.05) is 49.4 Å². The van der Waals surface area contributed by atoms with E-state index in [1.54, 1.807) is 0 Å². The first-order valence-corrected chi connectivity index (χ1v) is 6.40. The largest absolute Gasteiger partial charge is 0.399 e. The van der Waals surface area contributed by atoms with Crippen LogP contribution in [0.1, 0.15) is 11.4 Å². The van der Waals surface area contributed by atoms with E-state index < -0.39 is 0 Å². The minimum Gasteiger partial charge on any atom is -0.399 e. The Morgan fingerprint density at radius 3 is 2.65 bits per heavy atom. The van der Waals surface area contributed by atoms with Gasteiger partial charge in [0.05, 0.1) is 23.5 Å². The topological polar surface area (TPSA) is 67.6 Å². The predicted octanol–water partition coefficient (Wildman–Crippen LogP) is 2.98. The van der Waals surface area contributed by atoms with Crippen molar-refractivity contribution in [2.45, 2.75) is 13.3 Å². The third-order valence-corrected chi connectivity index (χ3v) is 3.32. The molecule has 0 aliphatic carbocycles. The van der Waals surface area contributed by atoms with Crippen molar-refractivity contribution in [2.24, 2.45) is 0 Å². The second kappa shape index (κ2) is 4.71. The molecular formula is C16H14N4. The Hall–Kier alpha value is -2.80. The molecule has 2 aromatic carbocycles. The van der Waals surface area contributed by atoms with Crippen LogP contribution in [-0.4, -0.2) is 9.55 Å². The highest BCUT2D eigenvalue weighted by Gasteiger charge is 2.09. The number of hydrogen-bond acceptors (Lipinski definition) is 3. The number of nitriles is 1. The molecule has 3 aromatic rings. The van der Waals surface area contributed by atoms with Gasteiger partial charge in [0.25, 0.3) is 0 Å². The maximum atomic E-state index is 8.71. The first-order valence-electron chi connectivity index (χ1n) is 6.40. The summed E-state index contributed by atoms with van der Waals surface area (Å²) in [6.45, 7) is 1.97. The van der Waals surface area contributed by atoms with Crippen LogP contribution >= 0.6 is 0 Å². The lowest BCUT2D eigenvalue weighted by Crippen LogP contribution is -1.97. The van der Waals surface area contributed by atoms with Crippen molar-refractivity contribution in [1.82, 2.24) is 9.55 Å². The van der Waals surface area contributed by atoms with Crippen LogP contribution < -0.4 is 5.73 Å². The zero-order chi connectivity index (χ0) is 14.1. The van der Waals surface area contributed by atoms with Crippen LogP contribution in [0.4, 0.5) is 5.69 Å². The Balaban J connectivity index is 2.14. The highest BCUT2D eigenvalue weighted by atomic mass is 15.1. The van der Waals surface area contributed by atoms with Crippen molar-refractivity contribution >= 4 is 16.7 Å². The summed E-state index contributed by atoms with van der Waals surface area (Å²) in [5, 5.41) is 8.71. The second-order valence-corrected chi connectivity index (χ2v) is 4.74. The Labute approximate surface area is 117 Å². The summed E-state index contributed by atoms with van der Waals surface area (Å²) in [5.41, 5.74) is 10.5. The number of nitrogen functional groups attached to an aromatic ring is 1. The molecule has 1 aromatic heterocycles. The van der Waals surface area contributed by atoms with Crippen molar-refractivity contribution in [1.29, 1.82) is 5.26 Å². The quantitative estimate of drug-likeness (QED) is 0.722. The lowest BCUT2D eigenvalue weighted by molar-refractivity contribution is 0.999. The Morgan fingerprint density at radius 2 is 1.95 bits per heavy atom. The van der Waals surface area contributed by atoms with Gasteiger partial charge in [0.2, 0.25) is 0 Å². The maximum absolute atomic E-state index is 8.71. The van der Waals surface area contributed by atoms with Gasteiger partial charge in [-0.15, -0.1) is 0 Å². The predicted molar refractivity (Wildman–Crippen MR) is 79.5 cm³/mol. The molecule has 0 fully saturated rings. The van der Waals surface area contributed by atoms with Gasteiger partial charge in [-0.2, -0.15) is 5.26 Å². The highest BCUT2D eigenvalue weighted by molar-refractivity contribution is 5.81. The van der Waals surface area contributed by atoms with E-state index in [0.717, 1.165) is 28.1 Å².